The Balaban J connectivity index is 2.56. The number of guanidine groups is 1. The number of alkyl halides is 3. The normalized spacial score (nSPS) is 17.3. The van der Waals surface area contributed by atoms with Gasteiger partial charge in [0.2, 0.25) is 6.10 Å². The fraction of sp³-hybridized carbons (Fsp3) is 0.231. The Morgan fingerprint density at radius 3 is 2.57 bits per heavy atom. The predicted octanol–water partition coefficient (Wildman–Crippen LogP) is 1.50. The van der Waals surface area contributed by atoms with Gasteiger partial charge in [0.1, 0.15) is 5.75 Å². The van der Waals surface area contributed by atoms with Crippen LogP contribution in [0.2, 0.25) is 0 Å². The summed E-state index contributed by atoms with van der Waals surface area (Å²) in [5.74, 6) is -1.71. The SMILES string of the molecule is Cc1cccc2c1OC(C(F)(F)F)C(C(=O)N=C(N)N)=C2. The third-order valence-corrected chi connectivity index (χ3v) is 2.85. The molecule has 1 heterocycles. The Hall–Kier alpha value is -2.51. The minimum Gasteiger partial charge on any atom is -0.475 e. The van der Waals surface area contributed by atoms with Crippen LogP contribution in [0.4, 0.5) is 13.2 Å². The number of carbonyl (C=O) groups excluding carboxylic acids is 1. The van der Waals surface area contributed by atoms with Crippen LogP contribution in [-0.4, -0.2) is 24.1 Å². The summed E-state index contributed by atoms with van der Waals surface area (Å²) in [6.45, 7) is 1.61. The van der Waals surface area contributed by atoms with Crippen LogP contribution >= 0.6 is 0 Å². The van der Waals surface area contributed by atoms with Gasteiger partial charge in [-0.15, -0.1) is 0 Å². The number of aliphatic imine (C=N–C) groups is 1. The molecule has 0 saturated carbocycles. The maximum Gasteiger partial charge on any atom is 0.429 e. The monoisotopic (exact) mass is 299 g/mol. The lowest BCUT2D eigenvalue weighted by molar-refractivity contribution is -0.185. The Kier molecular flexibility index (Phi) is 3.63. The Morgan fingerprint density at radius 1 is 1.33 bits per heavy atom. The summed E-state index contributed by atoms with van der Waals surface area (Å²) in [5, 5.41) is 0. The summed E-state index contributed by atoms with van der Waals surface area (Å²) >= 11 is 0. The van der Waals surface area contributed by atoms with Crippen LogP contribution in [0, 0.1) is 6.92 Å². The largest absolute Gasteiger partial charge is 0.475 e. The Bertz CT molecular complexity index is 647. The number of amides is 1. The number of rotatable bonds is 1. The van der Waals surface area contributed by atoms with E-state index >= 15 is 0 Å². The van der Waals surface area contributed by atoms with Crippen LogP contribution in [0.5, 0.6) is 5.75 Å². The molecule has 1 aliphatic heterocycles. The highest BCUT2D eigenvalue weighted by molar-refractivity contribution is 6.05. The van der Waals surface area contributed by atoms with E-state index in [0.717, 1.165) is 6.08 Å². The number of ether oxygens (including phenoxy) is 1. The summed E-state index contributed by atoms with van der Waals surface area (Å²) < 4.78 is 44.2. The number of hydrogen-bond acceptors (Lipinski definition) is 2. The zero-order chi connectivity index (χ0) is 15.8. The van der Waals surface area contributed by atoms with Crippen molar-refractivity contribution in [2.75, 3.05) is 0 Å². The molecule has 0 aromatic heterocycles. The molecule has 0 aliphatic carbocycles. The van der Waals surface area contributed by atoms with Gasteiger partial charge in [-0.2, -0.15) is 18.2 Å². The number of fused-ring (bicyclic) bond motifs is 1. The number of para-hydroxylation sites is 1. The average molecular weight is 299 g/mol. The van der Waals surface area contributed by atoms with Gasteiger partial charge in [-0.3, -0.25) is 4.79 Å². The van der Waals surface area contributed by atoms with E-state index in [9.17, 15) is 18.0 Å². The second-order valence-electron chi connectivity index (χ2n) is 4.47. The fourth-order valence-electron chi connectivity index (χ4n) is 1.97. The van der Waals surface area contributed by atoms with Crippen LogP contribution in [0.3, 0.4) is 0 Å². The molecule has 1 aromatic rings. The molecule has 1 atom stereocenters. The van der Waals surface area contributed by atoms with E-state index in [1.807, 2.05) is 0 Å². The molecule has 0 spiro atoms. The van der Waals surface area contributed by atoms with Gasteiger partial charge in [-0.1, -0.05) is 18.2 Å². The second kappa shape index (κ2) is 5.12. The van der Waals surface area contributed by atoms with Crippen molar-refractivity contribution in [1.29, 1.82) is 0 Å². The number of benzene rings is 1. The highest BCUT2D eigenvalue weighted by Gasteiger charge is 2.48. The van der Waals surface area contributed by atoms with Gasteiger partial charge in [0.05, 0.1) is 5.57 Å². The number of carbonyl (C=O) groups is 1. The van der Waals surface area contributed by atoms with Crippen LogP contribution in [0.25, 0.3) is 6.08 Å². The first-order chi connectivity index (χ1) is 9.70. The molecule has 0 saturated heterocycles. The van der Waals surface area contributed by atoms with Crippen molar-refractivity contribution in [3.05, 3.63) is 34.9 Å². The molecule has 0 fully saturated rings. The Labute approximate surface area is 118 Å². The summed E-state index contributed by atoms with van der Waals surface area (Å²) in [5.41, 5.74) is 10.3. The lowest BCUT2D eigenvalue weighted by Crippen LogP contribution is -2.40. The van der Waals surface area contributed by atoms with Crippen molar-refractivity contribution in [3.63, 3.8) is 0 Å². The van der Waals surface area contributed by atoms with Crippen LogP contribution in [0.1, 0.15) is 11.1 Å². The molecule has 4 N–H and O–H groups in total. The van der Waals surface area contributed by atoms with Crippen molar-refractivity contribution in [2.24, 2.45) is 16.5 Å². The fourth-order valence-corrected chi connectivity index (χ4v) is 1.97. The number of nitrogens with two attached hydrogens (primary N) is 2. The molecule has 5 nitrogen and oxygen atoms in total. The van der Waals surface area contributed by atoms with E-state index in [-0.39, 0.29) is 5.75 Å². The van der Waals surface area contributed by atoms with Crippen molar-refractivity contribution in [1.82, 2.24) is 0 Å². The molecule has 112 valence electrons. The summed E-state index contributed by atoms with van der Waals surface area (Å²) in [6, 6.07) is 4.80. The van der Waals surface area contributed by atoms with Gasteiger partial charge < -0.3 is 16.2 Å². The molecule has 0 radical (unpaired) electrons. The third-order valence-electron chi connectivity index (χ3n) is 2.85. The molecular formula is C13H12F3N3O2. The molecular weight excluding hydrogens is 287 g/mol. The molecule has 1 aliphatic rings. The molecule has 1 amide bonds. The first-order valence-electron chi connectivity index (χ1n) is 5.88. The zero-order valence-electron chi connectivity index (χ0n) is 10.9. The van der Waals surface area contributed by atoms with E-state index in [1.165, 1.54) is 6.07 Å². The first-order valence-corrected chi connectivity index (χ1v) is 5.88. The van der Waals surface area contributed by atoms with Gasteiger partial charge in [0, 0.05) is 5.56 Å². The highest BCUT2D eigenvalue weighted by atomic mass is 19.4. The summed E-state index contributed by atoms with van der Waals surface area (Å²) in [7, 11) is 0. The first kappa shape index (κ1) is 14.9. The van der Waals surface area contributed by atoms with Crippen molar-refractivity contribution in [3.8, 4) is 5.75 Å². The Morgan fingerprint density at radius 2 is 2.00 bits per heavy atom. The minimum absolute atomic E-state index is 0.0843. The van der Waals surface area contributed by atoms with Gasteiger partial charge in [-0.05, 0) is 18.6 Å². The molecule has 8 heteroatoms. The van der Waals surface area contributed by atoms with Crippen molar-refractivity contribution < 1.29 is 22.7 Å². The zero-order valence-corrected chi connectivity index (χ0v) is 10.9. The quantitative estimate of drug-likeness (QED) is 0.607. The van der Waals surface area contributed by atoms with Gasteiger partial charge >= 0.3 is 6.18 Å². The molecule has 2 rings (SSSR count). The van der Waals surface area contributed by atoms with Crippen molar-refractivity contribution in [2.45, 2.75) is 19.2 Å². The number of halogens is 3. The maximum atomic E-state index is 13.1. The number of hydrogen-bond donors (Lipinski definition) is 2. The van der Waals surface area contributed by atoms with Gasteiger partial charge in [0.15, 0.2) is 5.96 Å². The summed E-state index contributed by atoms with van der Waals surface area (Å²) in [6.07, 6.45) is -6.07. The van der Waals surface area contributed by atoms with E-state index in [4.69, 9.17) is 16.2 Å². The van der Waals surface area contributed by atoms with Crippen LogP contribution < -0.4 is 16.2 Å². The molecule has 1 aromatic carbocycles. The average Bonchev–Trinajstić information content (AvgIpc) is 2.36. The number of nitrogens with zero attached hydrogens (tertiary/aromatic N) is 1. The smallest absolute Gasteiger partial charge is 0.429 e. The number of aryl methyl sites for hydroxylation is 1. The molecule has 1 unspecified atom stereocenters. The van der Waals surface area contributed by atoms with E-state index < -0.39 is 29.7 Å². The molecule has 0 bridgehead atoms. The minimum atomic E-state index is -4.76. The summed E-state index contributed by atoms with van der Waals surface area (Å²) in [4.78, 5) is 14.9. The lowest BCUT2D eigenvalue weighted by atomic mass is 9.99. The third kappa shape index (κ3) is 2.99. The van der Waals surface area contributed by atoms with Crippen molar-refractivity contribution >= 4 is 17.9 Å². The van der Waals surface area contributed by atoms with Gasteiger partial charge in [0.25, 0.3) is 5.91 Å². The standard InChI is InChI=1S/C13H12F3N3O2/c1-6-3-2-4-7-5-8(11(20)19-12(17)18)10(13(14,15)16)21-9(6)7/h2-5,10H,1H3,(H4,17,18,19,20). The van der Waals surface area contributed by atoms with Crippen LogP contribution in [-0.2, 0) is 4.79 Å². The van der Waals surface area contributed by atoms with E-state index in [0.29, 0.717) is 11.1 Å². The topological polar surface area (TPSA) is 90.7 Å². The van der Waals surface area contributed by atoms with E-state index in [1.54, 1.807) is 19.1 Å². The highest BCUT2D eigenvalue weighted by Crippen LogP contribution is 2.39. The molecule has 21 heavy (non-hydrogen) atoms. The van der Waals surface area contributed by atoms with E-state index in [2.05, 4.69) is 4.99 Å². The van der Waals surface area contributed by atoms with Crippen LogP contribution in [0.15, 0.2) is 28.8 Å². The predicted molar refractivity (Wildman–Crippen MR) is 70.4 cm³/mol. The van der Waals surface area contributed by atoms with Gasteiger partial charge in [-0.25, -0.2) is 0 Å². The lowest BCUT2D eigenvalue weighted by Gasteiger charge is -2.28. The maximum absolute atomic E-state index is 13.1. The second-order valence-corrected chi connectivity index (χ2v) is 4.47.